The number of rotatable bonds is 8. The van der Waals surface area contributed by atoms with Gasteiger partial charge in [-0.1, -0.05) is 24.3 Å². The molecule has 0 spiro atoms. The number of nitrogens with one attached hydrogen (secondary N) is 2. The van der Waals surface area contributed by atoms with E-state index in [-0.39, 0.29) is 12.0 Å². The number of sulfonamides is 1. The van der Waals surface area contributed by atoms with Crippen molar-refractivity contribution < 1.29 is 22.7 Å². The summed E-state index contributed by atoms with van der Waals surface area (Å²) < 4.78 is 31.5. The van der Waals surface area contributed by atoms with Gasteiger partial charge < -0.3 is 15.4 Å². The zero-order chi connectivity index (χ0) is 23.3. The van der Waals surface area contributed by atoms with Crippen LogP contribution in [0.3, 0.4) is 0 Å². The molecule has 0 radical (unpaired) electrons. The molecule has 0 aromatic heterocycles. The molecule has 1 heterocycles. The summed E-state index contributed by atoms with van der Waals surface area (Å²) in [6.45, 7) is 4.38. The molecule has 0 aliphatic carbocycles. The summed E-state index contributed by atoms with van der Waals surface area (Å²) >= 11 is 0. The minimum absolute atomic E-state index is 0.00147. The molecule has 2 aromatic rings. The third-order valence-electron chi connectivity index (χ3n) is 5.49. The lowest BCUT2D eigenvalue weighted by Gasteiger charge is -2.24. The lowest BCUT2D eigenvalue weighted by atomic mass is 10.1. The van der Waals surface area contributed by atoms with E-state index >= 15 is 0 Å². The summed E-state index contributed by atoms with van der Waals surface area (Å²) in [4.78, 5) is 25.5. The van der Waals surface area contributed by atoms with Crippen LogP contribution in [0.2, 0.25) is 0 Å². The van der Waals surface area contributed by atoms with Crippen molar-refractivity contribution in [3.63, 3.8) is 0 Å². The average molecular weight is 460 g/mol. The number of anilines is 2. The molecule has 1 aliphatic heterocycles. The summed E-state index contributed by atoms with van der Waals surface area (Å²) in [5, 5.41) is 5.53. The molecule has 9 heteroatoms. The van der Waals surface area contributed by atoms with Crippen LogP contribution in [0.15, 0.2) is 42.5 Å². The first kappa shape index (κ1) is 23.7. The first-order valence-electron chi connectivity index (χ1n) is 10.5. The Morgan fingerprint density at radius 2 is 1.88 bits per heavy atom. The highest BCUT2D eigenvalue weighted by molar-refractivity contribution is 7.92. The molecule has 1 atom stereocenters. The van der Waals surface area contributed by atoms with E-state index < -0.39 is 22.5 Å². The Morgan fingerprint density at radius 1 is 1.12 bits per heavy atom. The molecule has 0 bridgehead atoms. The molecule has 0 saturated carbocycles. The molecule has 1 fully saturated rings. The van der Waals surface area contributed by atoms with Crippen molar-refractivity contribution in [2.45, 2.75) is 32.8 Å². The Morgan fingerprint density at radius 3 is 2.56 bits per heavy atom. The van der Waals surface area contributed by atoms with Gasteiger partial charge in [0.05, 0.1) is 29.3 Å². The number of aryl methyl sites for hydroxylation is 1. The number of para-hydroxylation sites is 1. The maximum Gasteiger partial charge on any atom is 0.253 e. The van der Waals surface area contributed by atoms with Gasteiger partial charge in [-0.05, 0) is 56.0 Å². The third kappa shape index (κ3) is 5.86. The fourth-order valence-electron chi connectivity index (χ4n) is 3.60. The molecule has 8 nitrogen and oxygen atoms in total. The zero-order valence-electron chi connectivity index (χ0n) is 18.6. The summed E-state index contributed by atoms with van der Waals surface area (Å²) in [5.74, 6) is -0.874. The predicted octanol–water partition coefficient (Wildman–Crippen LogP) is 2.62. The number of hydrogen-bond acceptors (Lipinski definition) is 5. The van der Waals surface area contributed by atoms with Crippen LogP contribution in [0, 0.1) is 13.8 Å². The van der Waals surface area contributed by atoms with E-state index in [1.54, 1.807) is 36.4 Å². The largest absolute Gasteiger partial charge is 0.376 e. The Balaban J connectivity index is 1.74. The zero-order valence-corrected chi connectivity index (χ0v) is 19.4. The monoisotopic (exact) mass is 459 g/mol. The molecule has 32 heavy (non-hydrogen) atoms. The van der Waals surface area contributed by atoms with E-state index in [0.717, 1.165) is 34.5 Å². The second-order valence-electron chi connectivity index (χ2n) is 7.93. The molecule has 1 aliphatic rings. The first-order chi connectivity index (χ1) is 15.2. The highest BCUT2D eigenvalue weighted by Gasteiger charge is 2.24. The van der Waals surface area contributed by atoms with Crippen molar-refractivity contribution >= 4 is 33.2 Å². The van der Waals surface area contributed by atoms with E-state index in [1.807, 2.05) is 19.9 Å². The van der Waals surface area contributed by atoms with Gasteiger partial charge in [0, 0.05) is 13.2 Å². The Hall–Kier alpha value is -2.91. The van der Waals surface area contributed by atoms with Gasteiger partial charge in [-0.15, -0.1) is 0 Å². The third-order valence-corrected chi connectivity index (χ3v) is 6.62. The smallest absolute Gasteiger partial charge is 0.253 e. The fraction of sp³-hybridized carbons (Fsp3) is 0.391. The second-order valence-corrected chi connectivity index (χ2v) is 9.83. The lowest BCUT2D eigenvalue weighted by Crippen LogP contribution is -2.38. The van der Waals surface area contributed by atoms with E-state index in [0.29, 0.717) is 30.1 Å². The van der Waals surface area contributed by atoms with Crippen molar-refractivity contribution in [1.82, 2.24) is 5.32 Å². The van der Waals surface area contributed by atoms with Gasteiger partial charge in [0.15, 0.2) is 0 Å². The Labute approximate surface area is 189 Å². The highest BCUT2D eigenvalue weighted by Crippen LogP contribution is 2.25. The maximum atomic E-state index is 12.8. The van der Waals surface area contributed by atoms with Crippen LogP contribution in [0.25, 0.3) is 0 Å². The number of carbonyl (C=O) groups is 2. The Kier molecular flexibility index (Phi) is 7.52. The van der Waals surface area contributed by atoms with Gasteiger partial charge in [-0.2, -0.15) is 0 Å². The van der Waals surface area contributed by atoms with E-state index in [2.05, 4.69) is 10.6 Å². The van der Waals surface area contributed by atoms with Crippen molar-refractivity contribution in [3.8, 4) is 0 Å². The van der Waals surface area contributed by atoms with Crippen LogP contribution >= 0.6 is 0 Å². The fourth-order valence-corrected chi connectivity index (χ4v) is 4.51. The van der Waals surface area contributed by atoms with Crippen LogP contribution in [-0.4, -0.2) is 52.3 Å². The second kappa shape index (κ2) is 10.1. The van der Waals surface area contributed by atoms with Crippen LogP contribution in [0.4, 0.5) is 11.4 Å². The van der Waals surface area contributed by atoms with Crippen molar-refractivity contribution in [3.05, 3.63) is 59.2 Å². The molecule has 2 aromatic carbocycles. The first-order valence-corrected chi connectivity index (χ1v) is 12.3. The van der Waals surface area contributed by atoms with Gasteiger partial charge in [0.1, 0.15) is 6.54 Å². The maximum absolute atomic E-state index is 12.8. The predicted molar refractivity (Wildman–Crippen MR) is 124 cm³/mol. The quantitative estimate of drug-likeness (QED) is 0.631. The minimum atomic E-state index is -3.71. The molecule has 1 saturated heterocycles. The number of ether oxygens (including phenoxy) is 1. The van der Waals surface area contributed by atoms with Gasteiger partial charge in [0.2, 0.25) is 15.9 Å². The standard InChI is InChI=1S/C23H29N3O5S/c1-16-8-6-12-21(17(16)2)26(32(3,29)30)15-22(27)25-20-11-5-4-10-19(20)23(28)24-14-18-9-7-13-31-18/h4-6,8,10-12,18H,7,9,13-15H2,1-3H3,(H,24,28)(H,25,27). The molecule has 3 rings (SSSR count). The SMILES string of the molecule is Cc1cccc(N(CC(=O)Nc2ccccc2C(=O)NCC2CCCO2)S(C)(=O)=O)c1C. The van der Waals surface area contributed by atoms with Crippen LogP contribution < -0.4 is 14.9 Å². The van der Waals surface area contributed by atoms with E-state index in [1.165, 1.54) is 0 Å². The normalized spacial score (nSPS) is 15.9. The molecular weight excluding hydrogens is 430 g/mol. The number of carbonyl (C=O) groups excluding carboxylic acids is 2. The minimum Gasteiger partial charge on any atom is -0.376 e. The molecule has 172 valence electrons. The molecule has 1 unspecified atom stereocenters. The van der Waals surface area contributed by atoms with Gasteiger partial charge in [-0.3, -0.25) is 13.9 Å². The van der Waals surface area contributed by atoms with Gasteiger partial charge in [0.25, 0.3) is 5.91 Å². The number of hydrogen-bond donors (Lipinski definition) is 2. The molecule has 2 N–H and O–H groups in total. The summed E-state index contributed by atoms with van der Waals surface area (Å²) in [7, 11) is -3.71. The van der Waals surface area contributed by atoms with Crippen molar-refractivity contribution in [2.75, 3.05) is 35.6 Å². The van der Waals surface area contributed by atoms with E-state index in [4.69, 9.17) is 4.74 Å². The number of amides is 2. The summed E-state index contributed by atoms with van der Waals surface area (Å²) in [6.07, 6.45) is 2.94. The van der Waals surface area contributed by atoms with Crippen LogP contribution in [0.1, 0.15) is 34.3 Å². The van der Waals surface area contributed by atoms with E-state index in [9.17, 15) is 18.0 Å². The summed E-state index contributed by atoms with van der Waals surface area (Å²) in [6, 6.07) is 11.9. The van der Waals surface area contributed by atoms with Crippen molar-refractivity contribution in [1.29, 1.82) is 0 Å². The van der Waals surface area contributed by atoms with Crippen molar-refractivity contribution in [2.24, 2.45) is 0 Å². The molecular formula is C23H29N3O5S. The number of nitrogens with zero attached hydrogens (tertiary/aromatic N) is 1. The van der Waals surface area contributed by atoms with Gasteiger partial charge in [-0.25, -0.2) is 8.42 Å². The average Bonchev–Trinajstić information content (AvgIpc) is 3.26. The van der Waals surface area contributed by atoms with Gasteiger partial charge >= 0.3 is 0 Å². The number of benzene rings is 2. The van der Waals surface area contributed by atoms with Crippen LogP contribution in [0.5, 0.6) is 0 Å². The lowest BCUT2D eigenvalue weighted by molar-refractivity contribution is -0.114. The topological polar surface area (TPSA) is 105 Å². The van der Waals surface area contributed by atoms with Crippen LogP contribution in [-0.2, 0) is 19.6 Å². The Bertz CT molecular complexity index is 1090. The molecule has 2 amide bonds. The summed E-state index contributed by atoms with van der Waals surface area (Å²) in [5.41, 5.74) is 2.77. The highest BCUT2D eigenvalue weighted by atomic mass is 32.2.